The van der Waals surface area contributed by atoms with Gasteiger partial charge in [0.1, 0.15) is 5.82 Å². The van der Waals surface area contributed by atoms with E-state index in [4.69, 9.17) is 5.41 Å². The first-order chi connectivity index (χ1) is 6.20. The van der Waals surface area contributed by atoms with Crippen LogP contribution in [0.2, 0.25) is 0 Å². The molecule has 0 bridgehead atoms. The maximum atomic E-state index is 7.60. The van der Waals surface area contributed by atoms with Crippen molar-refractivity contribution in [2.75, 3.05) is 24.7 Å². The molecule has 1 heterocycles. The van der Waals surface area contributed by atoms with E-state index in [0.29, 0.717) is 5.71 Å². The van der Waals surface area contributed by atoms with Crippen LogP contribution in [-0.2, 0) is 0 Å². The summed E-state index contributed by atoms with van der Waals surface area (Å²) < 4.78 is 0. The van der Waals surface area contributed by atoms with E-state index >= 15 is 0 Å². The Hall–Kier alpha value is -1.58. The minimum absolute atomic E-state index is 0.502. The van der Waals surface area contributed by atoms with Crippen LogP contribution in [0, 0.1) is 5.41 Å². The number of pyridine rings is 1. The molecule has 1 aromatic heterocycles. The second kappa shape index (κ2) is 3.89. The molecule has 0 aliphatic carbocycles. The average Bonchev–Trinajstić information content (AvgIpc) is 2.16. The highest BCUT2D eigenvalue weighted by Gasteiger charge is 2.08. The topological polar surface area (TPSA) is 60.8 Å². The Bertz CT molecular complexity index is 297. The molecule has 0 saturated carbocycles. The smallest absolute Gasteiger partial charge is 0.136 e. The van der Waals surface area contributed by atoms with E-state index in [9.17, 15) is 0 Å². The molecule has 0 aliphatic rings. The fraction of sp³-hybridized carbons (Fsp3) is 0.333. The summed E-state index contributed by atoms with van der Waals surface area (Å²) in [6.07, 6.45) is 1.71. The number of hydrogen-bond donors (Lipinski definition) is 3. The van der Waals surface area contributed by atoms with E-state index in [1.807, 2.05) is 13.1 Å². The van der Waals surface area contributed by atoms with Gasteiger partial charge in [-0.05, 0) is 13.0 Å². The molecule has 0 saturated heterocycles. The average molecular weight is 178 g/mol. The third-order valence-electron chi connectivity index (χ3n) is 1.83. The Morgan fingerprint density at radius 3 is 2.54 bits per heavy atom. The van der Waals surface area contributed by atoms with E-state index in [0.717, 1.165) is 17.1 Å². The van der Waals surface area contributed by atoms with Gasteiger partial charge in [0.05, 0.1) is 5.56 Å². The third kappa shape index (κ3) is 1.77. The van der Waals surface area contributed by atoms with Crippen LogP contribution in [0.15, 0.2) is 12.3 Å². The summed E-state index contributed by atoms with van der Waals surface area (Å²) in [5.41, 5.74) is 2.25. The molecule has 0 aliphatic heterocycles. The highest BCUT2D eigenvalue weighted by molar-refractivity contribution is 6.05. The highest BCUT2D eigenvalue weighted by atomic mass is 15.0. The minimum atomic E-state index is 0.502. The zero-order chi connectivity index (χ0) is 9.84. The van der Waals surface area contributed by atoms with Gasteiger partial charge in [-0.15, -0.1) is 0 Å². The van der Waals surface area contributed by atoms with Gasteiger partial charge >= 0.3 is 0 Å². The lowest BCUT2D eigenvalue weighted by atomic mass is 10.1. The molecule has 4 nitrogen and oxygen atoms in total. The third-order valence-corrected chi connectivity index (χ3v) is 1.83. The van der Waals surface area contributed by atoms with Crippen molar-refractivity contribution in [2.45, 2.75) is 6.92 Å². The number of hydrogen-bond acceptors (Lipinski definition) is 4. The number of nitrogens with one attached hydrogen (secondary N) is 3. The maximum Gasteiger partial charge on any atom is 0.136 e. The molecule has 1 aromatic rings. The molecule has 13 heavy (non-hydrogen) atoms. The predicted octanol–water partition coefficient (Wildman–Crippen LogP) is 1.55. The molecule has 0 aromatic carbocycles. The van der Waals surface area contributed by atoms with Crippen molar-refractivity contribution in [3.05, 3.63) is 17.8 Å². The van der Waals surface area contributed by atoms with Crippen LogP contribution in [0.4, 0.5) is 11.5 Å². The minimum Gasteiger partial charge on any atom is -0.387 e. The number of rotatable bonds is 3. The Kier molecular flexibility index (Phi) is 2.84. The Balaban J connectivity index is 3.29. The van der Waals surface area contributed by atoms with E-state index in [-0.39, 0.29) is 0 Å². The molecular formula is C9H14N4. The van der Waals surface area contributed by atoms with Gasteiger partial charge in [-0.25, -0.2) is 4.98 Å². The molecule has 1 rings (SSSR count). The lowest BCUT2D eigenvalue weighted by Crippen LogP contribution is -2.06. The van der Waals surface area contributed by atoms with Crippen molar-refractivity contribution in [1.82, 2.24) is 4.98 Å². The molecule has 0 atom stereocenters. The molecule has 4 heteroatoms. The number of anilines is 2. The number of aromatic nitrogens is 1. The van der Waals surface area contributed by atoms with Crippen molar-refractivity contribution >= 4 is 17.2 Å². The lowest BCUT2D eigenvalue weighted by molar-refractivity contribution is 1.26. The standard InChI is InChI=1S/C9H14N4/c1-6(10)8-7(11-2)4-5-13-9(8)12-3/h4-5,10H,1-3H3,(H2,11,12,13). The summed E-state index contributed by atoms with van der Waals surface area (Å²) in [7, 11) is 3.63. The predicted molar refractivity (Wildman–Crippen MR) is 55.8 cm³/mol. The molecular weight excluding hydrogens is 164 g/mol. The Labute approximate surface area is 77.9 Å². The van der Waals surface area contributed by atoms with Crippen LogP contribution in [0.25, 0.3) is 0 Å². The molecule has 0 radical (unpaired) electrons. The fourth-order valence-corrected chi connectivity index (χ4v) is 1.24. The maximum absolute atomic E-state index is 7.60. The van der Waals surface area contributed by atoms with Crippen molar-refractivity contribution in [3.8, 4) is 0 Å². The molecule has 0 amide bonds. The summed E-state index contributed by atoms with van der Waals surface area (Å²) in [6, 6.07) is 1.86. The SMILES string of the molecule is CNc1ccnc(NC)c1C(C)=N. The molecule has 3 N–H and O–H groups in total. The van der Waals surface area contributed by atoms with Gasteiger partial charge in [-0.3, -0.25) is 0 Å². The normalized spacial score (nSPS) is 9.46. The van der Waals surface area contributed by atoms with Crippen LogP contribution >= 0.6 is 0 Å². The molecule has 0 spiro atoms. The van der Waals surface area contributed by atoms with Gasteiger partial charge < -0.3 is 16.0 Å². The van der Waals surface area contributed by atoms with E-state index in [2.05, 4.69) is 15.6 Å². The van der Waals surface area contributed by atoms with Crippen LogP contribution in [0.5, 0.6) is 0 Å². The van der Waals surface area contributed by atoms with Crippen molar-refractivity contribution < 1.29 is 0 Å². The quantitative estimate of drug-likeness (QED) is 0.615. The summed E-state index contributed by atoms with van der Waals surface area (Å²) in [4.78, 5) is 4.14. The van der Waals surface area contributed by atoms with Crippen LogP contribution in [0.1, 0.15) is 12.5 Å². The summed E-state index contributed by atoms with van der Waals surface area (Å²) in [6.45, 7) is 1.75. The summed E-state index contributed by atoms with van der Waals surface area (Å²) in [5.74, 6) is 0.736. The molecule has 0 unspecified atom stereocenters. The Morgan fingerprint density at radius 1 is 1.38 bits per heavy atom. The molecule has 0 fully saturated rings. The summed E-state index contributed by atoms with van der Waals surface area (Å²) >= 11 is 0. The van der Waals surface area contributed by atoms with E-state index in [1.165, 1.54) is 0 Å². The number of nitrogens with zero attached hydrogens (tertiary/aromatic N) is 1. The monoisotopic (exact) mass is 178 g/mol. The van der Waals surface area contributed by atoms with Crippen LogP contribution < -0.4 is 10.6 Å². The van der Waals surface area contributed by atoms with Gasteiger partial charge in [0, 0.05) is 31.7 Å². The first-order valence-electron chi connectivity index (χ1n) is 4.10. The second-order valence-electron chi connectivity index (χ2n) is 2.71. The van der Waals surface area contributed by atoms with E-state index < -0.39 is 0 Å². The van der Waals surface area contributed by atoms with Crippen molar-refractivity contribution in [1.29, 1.82) is 5.41 Å². The van der Waals surface area contributed by atoms with Gasteiger partial charge in [0.15, 0.2) is 0 Å². The first-order valence-corrected chi connectivity index (χ1v) is 4.10. The zero-order valence-electron chi connectivity index (χ0n) is 8.10. The highest BCUT2D eigenvalue weighted by Crippen LogP contribution is 2.21. The summed E-state index contributed by atoms with van der Waals surface area (Å²) in [5, 5.41) is 13.6. The van der Waals surface area contributed by atoms with Crippen molar-refractivity contribution in [2.24, 2.45) is 0 Å². The second-order valence-corrected chi connectivity index (χ2v) is 2.71. The largest absolute Gasteiger partial charge is 0.387 e. The Morgan fingerprint density at radius 2 is 2.08 bits per heavy atom. The lowest BCUT2D eigenvalue weighted by Gasteiger charge is -2.11. The molecule has 70 valence electrons. The van der Waals surface area contributed by atoms with Crippen LogP contribution in [0.3, 0.4) is 0 Å². The fourth-order valence-electron chi connectivity index (χ4n) is 1.24. The zero-order valence-corrected chi connectivity index (χ0v) is 8.10. The first kappa shape index (κ1) is 9.51. The van der Waals surface area contributed by atoms with Crippen LogP contribution in [-0.4, -0.2) is 24.8 Å². The van der Waals surface area contributed by atoms with Gasteiger partial charge in [0.2, 0.25) is 0 Å². The van der Waals surface area contributed by atoms with Gasteiger partial charge in [-0.1, -0.05) is 0 Å². The van der Waals surface area contributed by atoms with Gasteiger partial charge in [0.25, 0.3) is 0 Å². The van der Waals surface area contributed by atoms with Crippen molar-refractivity contribution in [3.63, 3.8) is 0 Å². The van der Waals surface area contributed by atoms with E-state index in [1.54, 1.807) is 20.2 Å². The van der Waals surface area contributed by atoms with Gasteiger partial charge in [-0.2, -0.15) is 0 Å².